The summed E-state index contributed by atoms with van der Waals surface area (Å²) in [4.78, 5) is 1.77. The van der Waals surface area contributed by atoms with Crippen molar-refractivity contribution in [2.75, 3.05) is 18.0 Å². The molecule has 2 nitrogen and oxygen atoms in total. The summed E-state index contributed by atoms with van der Waals surface area (Å²) >= 11 is 0. The van der Waals surface area contributed by atoms with Crippen molar-refractivity contribution in [3.8, 4) is 0 Å². The second-order valence-electron chi connectivity index (χ2n) is 6.02. The third kappa shape index (κ3) is 3.00. The fourth-order valence-electron chi connectivity index (χ4n) is 2.95. The van der Waals surface area contributed by atoms with Crippen molar-refractivity contribution in [2.24, 2.45) is 5.92 Å². The Bertz CT molecular complexity index is 525. The lowest BCUT2D eigenvalue weighted by Gasteiger charge is -2.41. The average molecular weight is 302 g/mol. The van der Waals surface area contributed by atoms with Crippen LogP contribution in [-0.4, -0.2) is 25.2 Å². The highest BCUT2D eigenvalue weighted by molar-refractivity contribution is 5.52. The van der Waals surface area contributed by atoms with E-state index in [0.717, 1.165) is 31.0 Å². The van der Waals surface area contributed by atoms with E-state index in [-0.39, 0.29) is 17.8 Å². The van der Waals surface area contributed by atoms with Crippen molar-refractivity contribution in [3.05, 3.63) is 29.6 Å². The summed E-state index contributed by atoms with van der Waals surface area (Å²) in [7, 11) is 0. The van der Waals surface area contributed by atoms with Gasteiger partial charge in [0.2, 0.25) is 0 Å². The molecule has 21 heavy (non-hydrogen) atoms. The molecule has 1 saturated heterocycles. The molecule has 0 amide bonds. The van der Waals surface area contributed by atoms with Gasteiger partial charge < -0.3 is 10.2 Å². The number of halogens is 4. The van der Waals surface area contributed by atoms with Gasteiger partial charge in [-0.25, -0.2) is 4.39 Å². The summed E-state index contributed by atoms with van der Waals surface area (Å²) in [6.07, 6.45) is -2.16. The van der Waals surface area contributed by atoms with Gasteiger partial charge in [-0.1, -0.05) is 0 Å². The Hall–Kier alpha value is -1.30. The molecular weight excluding hydrogens is 284 g/mol. The lowest BCUT2D eigenvalue weighted by molar-refractivity contribution is -0.137. The van der Waals surface area contributed by atoms with Crippen LogP contribution in [0.3, 0.4) is 0 Å². The fourth-order valence-corrected chi connectivity index (χ4v) is 2.95. The molecule has 1 aliphatic heterocycles. The smallest absolute Gasteiger partial charge is 0.364 e. The molecule has 3 rings (SSSR count). The van der Waals surface area contributed by atoms with Gasteiger partial charge >= 0.3 is 6.18 Å². The van der Waals surface area contributed by atoms with E-state index in [2.05, 4.69) is 5.32 Å². The van der Waals surface area contributed by atoms with Crippen LogP contribution in [0.1, 0.15) is 25.3 Å². The van der Waals surface area contributed by atoms with Crippen molar-refractivity contribution in [2.45, 2.75) is 38.0 Å². The molecule has 0 bridgehead atoms. The molecule has 0 spiro atoms. The van der Waals surface area contributed by atoms with Gasteiger partial charge in [-0.15, -0.1) is 0 Å². The highest BCUT2D eigenvalue weighted by atomic mass is 19.4. The van der Waals surface area contributed by atoms with Gasteiger partial charge in [0, 0.05) is 25.2 Å². The van der Waals surface area contributed by atoms with Crippen molar-refractivity contribution < 1.29 is 17.6 Å². The number of rotatable bonds is 2. The topological polar surface area (TPSA) is 15.3 Å². The molecule has 2 unspecified atom stereocenters. The summed E-state index contributed by atoms with van der Waals surface area (Å²) in [5.41, 5.74) is -0.739. The second-order valence-corrected chi connectivity index (χ2v) is 6.02. The summed E-state index contributed by atoms with van der Waals surface area (Å²) in [6.45, 7) is 3.12. The van der Waals surface area contributed by atoms with Crippen molar-refractivity contribution >= 4 is 5.69 Å². The highest BCUT2D eigenvalue weighted by Crippen LogP contribution is 2.37. The van der Waals surface area contributed by atoms with Crippen LogP contribution >= 0.6 is 0 Å². The third-order valence-electron chi connectivity index (χ3n) is 4.37. The quantitative estimate of drug-likeness (QED) is 0.842. The Morgan fingerprint density at radius 2 is 1.95 bits per heavy atom. The number of hydrogen-bond acceptors (Lipinski definition) is 2. The minimum atomic E-state index is -4.45. The molecule has 6 heteroatoms. The zero-order chi connectivity index (χ0) is 15.2. The summed E-state index contributed by atoms with van der Waals surface area (Å²) in [5, 5.41) is 3.41. The van der Waals surface area contributed by atoms with Gasteiger partial charge in [0.15, 0.2) is 0 Å². The first-order valence-corrected chi connectivity index (χ1v) is 7.23. The summed E-state index contributed by atoms with van der Waals surface area (Å²) in [6, 6.07) is 2.86. The number of anilines is 1. The number of nitrogens with zero attached hydrogens (tertiary/aromatic N) is 1. The summed E-state index contributed by atoms with van der Waals surface area (Å²) in [5.74, 6) is -0.0137. The van der Waals surface area contributed by atoms with E-state index < -0.39 is 17.6 Å². The van der Waals surface area contributed by atoms with E-state index in [1.807, 2.05) is 6.92 Å². The van der Waals surface area contributed by atoms with Crippen LogP contribution in [0.2, 0.25) is 0 Å². The predicted molar refractivity (Wildman–Crippen MR) is 72.7 cm³/mol. The Balaban J connectivity index is 1.89. The number of alkyl halides is 3. The minimum absolute atomic E-state index is 0.0296. The molecule has 1 saturated carbocycles. The minimum Gasteiger partial charge on any atom is -0.364 e. The second kappa shape index (κ2) is 5.16. The van der Waals surface area contributed by atoms with Crippen LogP contribution in [0.5, 0.6) is 0 Å². The largest absolute Gasteiger partial charge is 0.416 e. The van der Waals surface area contributed by atoms with E-state index in [9.17, 15) is 17.6 Å². The van der Waals surface area contributed by atoms with Crippen LogP contribution in [0, 0.1) is 11.7 Å². The van der Waals surface area contributed by atoms with Crippen molar-refractivity contribution in [1.29, 1.82) is 0 Å². The molecule has 116 valence electrons. The maximum atomic E-state index is 14.0. The average Bonchev–Trinajstić information content (AvgIpc) is 3.23. The van der Waals surface area contributed by atoms with E-state index in [0.29, 0.717) is 19.0 Å². The summed E-state index contributed by atoms with van der Waals surface area (Å²) < 4.78 is 52.5. The van der Waals surface area contributed by atoms with E-state index in [4.69, 9.17) is 0 Å². The molecular formula is C15H18F4N2. The monoisotopic (exact) mass is 302 g/mol. The van der Waals surface area contributed by atoms with Gasteiger partial charge in [0.05, 0.1) is 11.3 Å². The first-order valence-electron chi connectivity index (χ1n) is 7.23. The Kier molecular flexibility index (Phi) is 3.59. The van der Waals surface area contributed by atoms with Gasteiger partial charge in [0.25, 0.3) is 0 Å². The maximum absolute atomic E-state index is 14.0. The Morgan fingerprint density at radius 1 is 1.24 bits per heavy atom. The SMILES string of the molecule is CC1CNC(C2CC2)CN1c1cc(C(F)(F)F)ccc1F. The van der Waals surface area contributed by atoms with Gasteiger partial charge in [-0.05, 0) is 43.9 Å². The molecule has 1 heterocycles. The predicted octanol–water partition coefficient (Wildman–Crippen LogP) is 3.42. The Labute approximate surface area is 121 Å². The Morgan fingerprint density at radius 3 is 2.57 bits per heavy atom. The number of hydrogen-bond donors (Lipinski definition) is 1. The normalized spacial score (nSPS) is 27.0. The molecule has 1 aromatic carbocycles. The van der Waals surface area contributed by atoms with E-state index in [1.54, 1.807) is 4.90 Å². The third-order valence-corrected chi connectivity index (χ3v) is 4.37. The molecule has 1 aromatic rings. The van der Waals surface area contributed by atoms with Crippen LogP contribution in [0.4, 0.5) is 23.2 Å². The number of piperazine rings is 1. The zero-order valence-electron chi connectivity index (χ0n) is 11.8. The first kappa shape index (κ1) is 14.6. The number of benzene rings is 1. The first-order chi connectivity index (χ1) is 9.86. The van der Waals surface area contributed by atoms with E-state index >= 15 is 0 Å². The molecule has 1 N–H and O–H groups in total. The van der Waals surface area contributed by atoms with Gasteiger partial charge in [-0.2, -0.15) is 13.2 Å². The van der Waals surface area contributed by atoms with Crippen LogP contribution in [0.15, 0.2) is 18.2 Å². The zero-order valence-corrected chi connectivity index (χ0v) is 11.8. The lowest BCUT2D eigenvalue weighted by Crippen LogP contribution is -2.56. The maximum Gasteiger partial charge on any atom is 0.416 e. The van der Waals surface area contributed by atoms with Gasteiger partial charge in [0.1, 0.15) is 5.82 Å². The van der Waals surface area contributed by atoms with Crippen molar-refractivity contribution in [3.63, 3.8) is 0 Å². The van der Waals surface area contributed by atoms with Crippen LogP contribution < -0.4 is 10.2 Å². The van der Waals surface area contributed by atoms with Gasteiger partial charge in [-0.3, -0.25) is 0 Å². The molecule has 2 fully saturated rings. The molecule has 2 aliphatic rings. The molecule has 0 aromatic heterocycles. The highest BCUT2D eigenvalue weighted by Gasteiger charge is 2.38. The van der Waals surface area contributed by atoms with Crippen LogP contribution in [0.25, 0.3) is 0 Å². The van der Waals surface area contributed by atoms with Crippen LogP contribution in [-0.2, 0) is 6.18 Å². The number of nitrogens with one attached hydrogen (secondary N) is 1. The fraction of sp³-hybridized carbons (Fsp3) is 0.600. The lowest BCUT2D eigenvalue weighted by atomic mass is 10.0. The molecule has 2 atom stereocenters. The van der Waals surface area contributed by atoms with E-state index in [1.165, 1.54) is 0 Å². The molecule has 0 radical (unpaired) electrons. The van der Waals surface area contributed by atoms with Crippen molar-refractivity contribution in [1.82, 2.24) is 5.32 Å². The molecule has 1 aliphatic carbocycles. The standard InChI is InChI=1S/C15H18F4N2/c1-9-7-20-13(10-2-3-10)8-21(9)14-6-11(15(17,18)19)4-5-12(14)16/h4-6,9-10,13,20H,2-3,7-8H2,1H3.